The Hall–Kier alpha value is -4.63. The molecule has 15 heteroatoms. The maximum absolute atomic E-state index is 14.0. The molecule has 230 valence electrons. The first-order chi connectivity index (χ1) is 21.8. The number of nitrogens with two attached hydrogens (primary N) is 1. The fourth-order valence-electron chi connectivity index (χ4n) is 4.89. The highest BCUT2D eigenvalue weighted by Gasteiger charge is 2.25. The number of thiophene rings is 1. The van der Waals surface area contributed by atoms with Crippen molar-refractivity contribution in [3.05, 3.63) is 102 Å². The van der Waals surface area contributed by atoms with Crippen LogP contribution in [0.4, 0.5) is 11.5 Å². The number of aromatic nitrogens is 4. The van der Waals surface area contributed by atoms with Crippen molar-refractivity contribution in [2.24, 2.45) is 5.73 Å². The lowest BCUT2D eigenvalue weighted by atomic mass is 10.1. The highest BCUT2D eigenvalue weighted by molar-refractivity contribution is 7.16. The first kappa shape index (κ1) is 30.4. The lowest BCUT2D eigenvalue weighted by Crippen LogP contribution is -2.41. The third-order valence-corrected chi connectivity index (χ3v) is 9.20. The maximum atomic E-state index is 14.0. The van der Waals surface area contributed by atoms with Gasteiger partial charge >= 0.3 is 0 Å². The van der Waals surface area contributed by atoms with E-state index >= 15 is 0 Å². The number of anilines is 2. The lowest BCUT2D eigenvalue weighted by molar-refractivity contribution is 0.0944. The molecular weight excluding hydrogens is 638 g/mol. The molecule has 4 aromatic heterocycles. The van der Waals surface area contributed by atoms with E-state index in [2.05, 4.69) is 15.4 Å². The van der Waals surface area contributed by atoms with Gasteiger partial charge in [0.25, 0.3) is 11.5 Å². The first-order valence-electron chi connectivity index (χ1n) is 13.8. The Morgan fingerprint density at radius 3 is 2.47 bits per heavy atom. The average molecular weight is 664 g/mol. The largest absolute Gasteiger partial charge is 0.378 e. The van der Waals surface area contributed by atoms with Crippen molar-refractivity contribution in [1.29, 1.82) is 0 Å². The van der Waals surface area contributed by atoms with E-state index < -0.39 is 11.8 Å². The molecule has 0 aliphatic carbocycles. The van der Waals surface area contributed by atoms with Gasteiger partial charge in [0, 0.05) is 53.1 Å². The second-order valence-electron chi connectivity index (χ2n) is 10.0. The SMILES string of the molecule is NC(=O)c1ccc(C(=O)n2nc(-c3ccn(CC(=O)c4cncs4)c(=O)c3N3CCOCC3)cc2NCc2ccc(Cl)s2)cc1. The summed E-state index contributed by atoms with van der Waals surface area (Å²) in [6, 6.07) is 13.1. The fourth-order valence-corrected chi connectivity index (χ4v) is 6.47. The topological polar surface area (TPSA) is 154 Å². The normalized spacial score (nSPS) is 13.1. The Bertz CT molecular complexity index is 1930. The van der Waals surface area contributed by atoms with Gasteiger partial charge < -0.3 is 25.3 Å². The molecule has 5 heterocycles. The number of hydrogen-bond donors (Lipinski definition) is 2. The van der Waals surface area contributed by atoms with Crippen molar-refractivity contribution >= 4 is 63.4 Å². The lowest BCUT2D eigenvalue weighted by Gasteiger charge is -2.30. The van der Waals surface area contributed by atoms with Gasteiger partial charge in [0.1, 0.15) is 11.5 Å². The molecule has 1 amide bonds. The molecule has 12 nitrogen and oxygen atoms in total. The number of pyridine rings is 1. The van der Waals surface area contributed by atoms with E-state index in [4.69, 9.17) is 22.1 Å². The minimum absolute atomic E-state index is 0.150. The molecule has 0 radical (unpaired) electrons. The standard InChI is InChI=1S/C30H26ClN7O5S2/c31-25-6-5-20(45-25)14-34-26-13-22(35-38(26)29(41)19-3-1-18(2-4-19)28(32)40)21-7-8-37(16-23(39)24-15-33-17-44-24)30(42)27(21)36-9-11-43-12-10-36/h1-8,13,15,17,34H,9-12,14,16H2,(H2,32,40). The van der Waals surface area contributed by atoms with Crippen molar-refractivity contribution in [2.45, 2.75) is 13.1 Å². The summed E-state index contributed by atoms with van der Waals surface area (Å²) in [5.74, 6) is -0.902. The van der Waals surface area contributed by atoms with E-state index in [1.807, 2.05) is 11.0 Å². The predicted molar refractivity (Wildman–Crippen MR) is 173 cm³/mol. The Labute approximate surface area is 269 Å². The molecule has 1 aliphatic rings. The number of benzene rings is 1. The summed E-state index contributed by atoms with van der Waals surface area (Å²) >= 11 is 8.74. The van der Waals surface area contributed by atoms with E-state index in [1.165, 1.54) is 62.4 Å². The second-order valence-corrected chi connectivity index (χ2v) is 12.7. The number of amides is 1. The molecule has 1 aromatic carbocycles. The minimum atomic E-state index is -0.605. The fraction of sp³-hybridized carbons (Fsp3) is 0.200. The van der Waals surface area contributed by atoms with Gasteiger partial charge in [-0.2, -0.15) is 9.78 Å². The maximum Gasteiger partial charge on any atom is 0.280 e. The van der Waals surface area contributed by atoms with Gasteiger partial charge in [-0.05, 0) is 42.5 Å². The molecule has 0 saturated carbocycles. The minimum Gasteiger partial charge on any atom is -0.378 e. The zero-order valence-electron chi connectivity index (χ0n) is 23.6. The zero-order valence-corrected chi connectivity index (χ0v) is 26.0. The van der Waals surface area contributed by atoms with Crippen molar-refractivity contribution in [1.82, 2.24) is 19.3 Å². The molecule has 1 saturated heterocycles. The van der Waals surface area contributed by atoms with Gasteiger partial charge in [-0.25, -0.2) is 0 Å². The van der Waals surface area contributed by atoms with Gasteiger partial charge in [0.2, 0.25) is 5.91 Å². The smallest absolute Gasteiger partial charge is 0.280 e. The number of ketones is 1. The number of carbonyl (C=O) groups excluding carboxylic acids is 3. The monoisotopic (exact) mass is 663 g/mol. The van der Waals surface area contributed by atoms with Crippen LogP contribution in [0.25, 0.3) is 11.3 Å². The third-order valence-electron chi connectivity index (χ3n) is 7.15. The predicted octanol–water partition coefficient (Wildman–Crippen LogP) is 4.00. The highest BCUT2D eigenvalue weighted by Crippen LogP contribution is 2.31. The molecular formula is C30H26ClN7O5S2. The van der Waals surface area contributed by atoms with Gasteiger partial charge in [0.05, 0.1) is 46.7 Å². The molecule has 0 spiro atoms. The van der Waals surface area contributed by atoms with E-state index in [9.17, 15) is 19.2 Å². The van der Waals surface area contributed by atoms with Crippen LogP contribution in [0.15, 0.2) is 71.2 Å². The van der Waals surface area contributed by atoms with Crippen LogP contribution in [0.3, 0.4) is 0 Å². The number of halogens is 1. The van der Waals surface area contributed by atoms with E-state index in [-0.39, 0.29) is 29.0 Å². The Balaban J connectivity index is 1.41. The summed E-state index contributed by atoms with van der Waals surface area (Å²) in [4.78, 5) is 59.4. The van der Waals surface area contributed by atoms with Crippen LogP contribution in [0.5, 0.6) is 0 Å². The summed E-state index contributed by atoms with van der Waals surface area (Å²) < 4.78 is 8.77. The number of primary amides is 1. The Morgan fingerprint density at radius 1 is 1.04 bits per heavy atom. The number of hydrogen-bond acceptors (Lipinski definition) is 11. The number of morpholine rings is 1. The van der Waals surface area contributed by atoms with Gasteiger partial charge in [0.15, 0.2) is 5.78 Å². The number of nitrogens with zero attached hydrogens (tertiary/aromatic N) is 5. The molecule has 1 aliphatic heterocycles. The molecule has 0 atom stereocenters. The van der Waals surface area contributed by atoms with Crippen LogP contribution in [0.1, 0.15) is 35.3 Å². The van der Waals surface area contributed by atoms with Crippen molar-refractivity contribution in [2.75, 3.05) is 36.5 Å². The number of ether oxygens (including phenoxy) is 1. The summed E-state index contributed by atoms with van der Waals surface area (Å²) in [6.07, 6.45) is 3.05. The van der Waals surface area contributed by atoms with Crippen LogP contribution in [0.2, 0.25) is 4.34 Å². The van der Waals surface area contributed by atoms with Crippen molar-refractivity contribution < 1.29 is 19.1 Å². The molecule has 0 bridgehead atoms. The molecule has 6 rings (SSSR count). The number of rotatable bonds is 10. The number of carbonyl (C=O) groups is 3. The van der Waals surface area contributed by atoms with Gasteiger partial charge in [-0.15, -0.1) is 22.7 Å². The van der Waals surface area contributed by atoms with Crippen molar-refractivity contribution in [3.8, 4) is 11.3 Å². The Morgan fingerprint density at radius 2 is 1.80 bits per heavy atom. The van der Waals surface area contributed by atoms with Crippen molar-refractivity contribution in [3.63, 3.8) is 0 Å². The van der Waals surface area contributed by atoms with E-state index in [0.717, 1.165) is 4.88 Å². The van der Waals surface area contributed by atoms with Crippen LogP contribution in [0, 0.1) is 0 Å². The van der Waals surface area contributed by atoms with Crippen LogP contribution in [-0.4, -0.2) is 63.2 Å². The molecule has 45 heavy (non-hydrogen) atoms. The van der Waals surface area contributed by atoms with Crippen LogP contribution < -0.4 is 21.5 Å². The summed E-state index contributed by atoms with van der Waals surface area (Å²) in [5.41, 5.74) is 8.36. The molecule has 5 aromatic rings. The Kier molecular flexibility index (Phi) is 8.89. The van der Waals surface area contributed by atoms with Gasteiger partial charge in [-0.1, -0.05) is 11.6 Å². The summed E-state index contributed by atoms with van der Waals surface area (Å²) in [5, 5.41) is 7.94. The number of thiazole rings is 1. The summed E-state index contributed by atoms with van der Waals surface area (Å²) in [6.45, 7) is 2.00. The quantitative estimate of drug-likeness (QED) is 0.211. The number of Topliss-reactive ketones (excluding diaryl/α,β-unsaturated/α-hetero) is 1. The molecule has 1 fully saturated rings. The average Bonchev–Trinajstić information content (AvgIpc) is 3.83. The van der Waals surface area contributed by atoms with Crippen LogP contribution >= 0.6 is 34.3 Å². The van der Waals surface area contributed by atoms with Gasteiger partial charge in [-0.3, -0.25) is 24.2 Å². The first-order valence-corrected chi connectivity index (χ1v) is 15.9. The highest BCUT2D eigenvalue weighted by atomic mass is 35.5. The third kappa shape index (κ3) is 6.59. The molecule has 0 unspecified atom stereocenters. The zero-order chi connectivity index (χ0) is 31.5. The molecule has 3 N–H and O–H groups in total. The summed E-state index contributed by atoms with van der Waals surface area (Å²) in [7, 11) is 0. The second kappa shape index (κ2) is 13.2. The van der Waals surface area contributed by atoms with E-state index in [0.29, 0.717) is 64.8 Å². The van der Waals surface area contributed by atoms with Crippen LogP contribution in [-0.2, 0) is 17.8 Å². The van der Waals surface area contributed by atoms with E-state index in [1.54, 1.807) is 29.9 Å². The number of nitrogens with one attached hydrogen (secondary N) is 1.